The molecule has 1 fully saturated rings. The molecule has 0 bridgehead atoms. The van der Waals surface area contributed by atoms with E-state index in [2.05, 4.69) is 40.4 Å². The minimum atomic E-state index is -0.804. The molecule has 1 N–H and O–H groups in total. The number of barbiturate groups is 1. The van der Waals surface area contributed by atoms with Gasteiger partial charge < -0.3 is 14.4 Å². The van der Waals surface area contributed by atoms with Gasteiger partial charge in [-0.2, -0.15) is 0 Å². The van der Waals surface area contributed by atoms with E-state index in [1.165, 1.54) is 17.2 Å². The smallest absolute Gasteiger partial charge is 0.335 e. The maximum Gasteiger partial charge on any atom is 0.335 e. The van der Waals surface area contributed by atoms with Crippen LogP contribution in [0.15, 0.2) is 90.5 Å². The van der Waals surface area contributed by atoms with Crippen molar-refractivity contribution in [2.45, 2.75) is 31.6 Å². The first-order valence-electron chi connectivity index (χ1n) is 16.3. The van der Waals surface area contributed by atoms with Gasteiger partial charge in [-0.3, -0.25) is 14.9 Å². The molecule has 3 aliphatic heterocycles. The maximum atomic E-state index is 14.3. The highest BCUT2D eigenvalue weighted by Gasteiger charge is 2.40. The SMILES string of the molecule is C#CCOc1c(Cl)cc(/C=C2\C(=O)NC(=O)N(c3cc4c5c(c3)[C@@H](c3ccccc3)CCN5CC[C@@H]4c3ccccc3)C2=O)cc1OCC. The number of amides is 4. The molecule has 0 spiro atoms. The predicted octanol–water partition coefficient (Wildman–Crippen LogP) is 7.29. The molecule has 4 aromatic rings. The second-order valence-corrected chi connectivity index (χ2v) is 12.6. The van der Waals surface area contributed by atoms with E-state index in [0.717, 1.165) is 47.6 Å². The molecular weight excluding hydrogens is 638 g/mol. The normalized spacial score (nSPS) is 19.3. The molecule has 49 heavy (non-hydrogen) atoms. The Morgan fingerprint density at radius 1 is 0.898 bits per heavy atom. The van der Waals surface area contributed by atoms with Crippen molar-refractivity contribution in [1.29, 1.82) is 0 Å². The van der Waals surface area contributed by atoms with Crippen LogP contribution >= 0.6 is 11.6 Å². The Balaban J connectivity index is 1.35. The molecule has 0 aliphatic carbocycles. The van der Waals surface area contributed by atoms with Crippen molar-refractivity contribution in [2.24, 2.45) is 0 Å². The molecule has 3 heterocycles. The molecule has 4 amide bonds. The standard InChI is InChI=1S/C40H34ClN3O5/c1-3-19-49-37-34(41)21-25(22-35(37)48-4-2)20-33-38(45)42-40(47)44(39(33)46)28-23-31-29(26-11-7-5-8-12-26)15-17-43-18-16-30(32(24-28)36(31)43)27-13-9-6-10-14-27/h1,5-14,20-24,29-30H,4,15-19H2,2H3,(H,42,45,47)/b33-20+/t29-,30-/m1/s1. The van der Waals surface area contributed by atoms with Crippen LogP contribution in [0.25, 0.3) is 6.08 Å². The van der Waals surface area contributed by atoms with Gasteiger partial charge in [-0.15, -0.1) is 6.42 Å². The number of carbonyl (C=O) groups is 3. The van der Waals surface area contributed by atoms with Crippen LogP contribution in [0.4, 0.5) is 16.2 Å². The van der Waals surface area contributed by atoms with Gasteiger partial charge >= 0.3 is 6.03 Å². The van der Waals surface area contributed by atoms with Crippen LogP contribution in [0.5, 0.6) is 11.5 Å². The van der Waals surface area contributed by atoms with Crippen LogP contribution in [0, 0.1) is 12.3 Å². The van der Waals surface area contributed by atoms with Crippen LogP contribution in [0.2, 0.25) is 5.02 Å². The number of benzene rings is 4. The molecule has 9 heteroatoms. The summed E-state index contributed by atoms with van der Waals surface area (Å²) in [6, 6.07) is 26.9. The third-order valence-corrected chi connectivity index (χ3v) is 9.58. The number of nitrogens with zero attached hydrogens (tertiary/aromatic N) is 2. The quantitative estimate of drug-likeness (QED) is 0.120. The lowest BCUT2D eigenvalue weighted by Gasteiger charge is -2.44. The van der Waals surface area contributed by atoms with E-state index in [1.807, 2.05) is 48.5 Å². The second kappa shape index (κ2) is 13.5. The molecule has 0 aromatic heterocycles. The lowest BCUT2D eigenvalue weighted by atomic mass is 9.76. The van der Waals surface area contributed by atoms with Crippen LogP contribution in [0.3, 0.4) is 0 Å². The minimum absolute atomic E-state index is 0.0189. The van der Waals surface area contributed by atoms with Gasteiger partial charge in [0, 0.05) is 30.6 Å². The molecule has 246 valence electrons. The van der Waals surface area contributed by atoms with E-state index in [1.54, 1.807) is 19.1 Å². The summed E-state index contributed by atoms with van der Waals surface area (Å²) in [5, 5.41) is 2.58. The van der Waals surface area contributed by atoms with Gasteiger partial charge in [0.2, 0.25) is 0 Å². The van der Waals surface area contributed by atoms with Gasteiger partial charge in [0.05, 0.1) is 17.3 Å². The summed E-state index contributed by atoms with van der Waals surface area (Å²) < 4.78 is 11.3. The number of carbonyl (C=O) groups excluding carboxylic acids is 3. The molecule has 8 nitrogen and oxygen atoms in total. The number of anilines is 2. The Morgan fingerprint density at radius 3 is 2.08 bits per heavy atom. The largest absolute Gasteiger partial charge is 0.490 e. The number of urea groups is 1. The summed E-state index contributed by atoms with van der Waals surface area (Å²) in [6.07, 6.45) is 8.55. The molecule has 7 rings (SSSR count). The highest BCUT2D eigenvalue weighted by atomic mass is 35.5. The zero-order valence-electron chi connectivity index (χ0n) is 26.9. The first-order chi connectivity index (χ1) is 23.9. The van der Waals surface area contributed by atoms with Crippen molar-refractivity contribution in [3.63, 3.8) is 0 Å². The molecule has 0 unspecified atom stereocenters. The maximum absolute atomic E-state index is 14.3. The number of rotatable bonds is 8. The Hall–Kier alpha value is -5.52. The highest BCUT2D eigenvalue weighted by Crippen LogP contribution is 2.50. The molecule has 1 saturated heterocycles. The molecular formula is C40H34ClN3O5. The average molecular weight is 672 g/mol. The number of ether oxygens (including phenoxy) is 2. The number of terminal acetylenes is 1. The summed E-state index contributed by atoms with van der Waals surface area (Å²) in [4.78, 5) is 44.5. The van der Waals surface area contributed by atoms with Crippen LogP contribution < -0.4 is 24.6 Å². The van der Waals surface area contributed by atoms with Gasteiger partial charge in [-0.05, 0) is 77.9 Å². The van der Waals surface area contributed by atoms with E-state index >= 15 is 0 Å². The van der Waals surface area contributed by atoms with Crippen LogP contribution in [-0.4, -0.2) is 44.1 Å². The first-order valence-corrected chi connectivity index (χ1v) is 16.7. The summed E-state index contributed by atoms with van der Waals surface area (Å²) in [6.45, 7) is 3.92. The third-order valence-electron chi connectivity index (χ3n) is 9.30. The molecule has 0 radical (unpaired) electrons. The Labute approximate surface area is 290 Å². The fraction of sp³-hybridized carbons (Fsp3) is 0.225. The summed E-state index contributed by atoms with van der Waals surface area (Å²) in [5.74, 6) is 1.56. The number of nitrogens with one attached hydrogen (secondary N) is 1. The first kappa shape index (κ1) is 32.0. The van der Waals surface area contributed by atoms with Crippen molar-refractivity contribution in [3.05, 3.63) is 123 Å². The van der Waals surface area contributed by atoms with Crippen molar-refractivity contribution in [1.82, 2.24) is 5.32 Å². The fourth-order valence-corrected chi connectivity index (χ4v) is 7.49. The van der Waals surface area contributed by atoms with Crippen molar-refractivity contribution in [2.75, 3.05) is 36.1 Å². The zero-order chi connectivity index (χ0) is 34.1. The van der Waals surface area contributed by atoms with Crippen molar-refractivity contribution >= 4 is 46.9 Å². The van der Waals surface area contributed by atoms with E-state index in [0.29, 0.717) is 23.6 Å². The van der Waals surface area contributed by atoms with Gasteiger partial charge in [-0.25, -0.2) is 9.69 Å². The Bertz CT molecular complexity index is 1950. The van der Waals surface area contributed by atoms with Crippen molar-refractivity contribution in [3.8, 4) is 23.8 Å². The zero-order valence-corrected chi connectivity index (χ0v) is 27.7. The molecule has 0 saturated carbocycles. The highest BCUT2D eigenvalue weighted by molar-refractivity contribution is 6.39. The van der Waals surface area contributed by atoms with Crippen molar-refractivity contribution < 1.29 is 23.9 Å². The third kappa shape index (κ3) is 6.03. The van der Waals surface area contributed by atoms with E-state index in [-0.39, 0.29) is 34.8 Å². The number of hydrogen-bond acceptors (Lipinski definition) is 6. The van der Waals surface area contributed by atoms with Gasteiger partial charge in [0.1, 0.15) is 12.2 Å². The minimum Gasteiger partial charge on any atom is -0.490 e. The summed E-state index contributed by atoms with van der Waals surface area (Å²) >= 11 is 6.53. The number of halogens is 1. The Morgan fingerprint density at radius 2 is 1.51 bits per heavy atom. The Kier molecular flexibility index (Phi) is 8.85. The van der Waals surface area contributed by atoms with E-state index < -0.39 is 17.8 Å². The number of hydrogen-bond donors (Lipinski definition) is 1. The van der Waals surface area contributed by atoms with Gasteiger partial charge in [0.15, 0.2) is 11.5 Å². The summed E-state index contributed by atoms with van der Waals surface area (Å²) in [7, 11) is 0. The van der Waals surface area contributed by atoms with Crippen LogP contribution in [-0.2, 0) is 9.59 Å². The molecule has 4 aromatic carbocycles. The molecule has 3 aliphatic rings. The monoisotopic (exact) mass is 671 g/mol. The van der Waals surface area contributed by atoms with E-state index in [9.17, 15) is 14.4 Å². The second-order valence-electron chi connectivity index (χ2n) is 12.2. The van der Waals surface area contributed by atoms with E-state index in [4.69, 9.17) is 27.5 Å². The average Bonchev–Trinajstić information content (AvgIpc) is 3.11. The lowest BCUT2D eigenvalue weighted by molar-refractivity contribution is -0.122. The topological polar surface area (TPSA) is 88.2 Å². The fourth-order valence-electron chi connectivity index (χ4n) is 7.22. The number of imide groups is 2. The molecule has 2 atom stereocenters. The van der Waals surface area contributed by atoms with Gasteiger partial charge in [0.25, 0.3) is 11.8 Å². The lowest BCUT2D eigenvalue weighted by Crippen LogP contribution is -2.54. The predicted molar refractivity (Wildman–Crippen MR) is 190 cm³/mol. The summed E-state index contributed by atoms with van der Waals surface area (Å²) in [5.41, 5.74) is 6.22. The van der Waals surface area contributed by atoms with Gasteiger partial charge in [-0.1, -0.05) is 78.2 Å². The van der Waals surface area contributed by atoms with Crippen LogP contribution in [0.1, 0.15) is 59.4 Å².